The molecule has 0 radical (unpaired) electrons. The van der Waals surface area contributed by atoms with E-state index in [1.54, 1.807) is 22.7 Å². The zero-order valence-corrected chi connectivity index (χ0v) is 9.82. The van der Waals surface area contributed by atoms with Gasteiger partial charge in [-0.2, -0.15) is 0 Å². The maximum atomic E-state index is 6.02. The molecule has 2 heterocycles. The van der Waals surface area contributed by atoms with Crippen molar-refractivity contribution in [1.29, 1.82) is 0 Å². The summed E-state index contributed by atoms with van der Waals surface area (Å²) in [6.45, 7) is 4.18. The maximum Gasteiger partial charge on any atom is 0.0964 e. The van der Waals surface area contributed by atoms with Crippen LogP contribution in [0.1, 0.15) is 11.1 Å². The first-order valence-electron chi connectivity index (χ1n) is 3.99. The first-order chi connectivity index (χ1) is 6.18. The Morgan fingerprint density at radius 3 is 2.46 bits per heavy atom. The molecule has 0 nitrogen and oxygen atoms in total. The van der Waals surface area contributed by atoms with Crippen molar-refractivity contribution >= 4 is 34.3 Å². The normalized spacial score (nSPS) is 10.7. The van der Waals surface area contributed by atoms with E-state index in [1.165, 1.54) is 20.9 Å². The molecule has 13 heavy (non-hydrogen) atoms. The van der Waals surface area contributed by atoms with Crippen LogP contribution in [0.2, 0.25) is 4.34 Å². The molecule has 0 unspecified atom stereocenters. The summed E-state index contributed by atoms with van der Waals surface area (Å²) in [4.78, 5) is 2.63. The smallest absolute Gasteiger partial charge is 0.0964 e. The number of rotatable bonds is 1. The zero-order valence-electron chi connectivity index (χ0n) is 7.43. The highest BCUT2D eigenvalue weighted by Crippen LogP contribution is 2.38. The maximum absolute atomic E-state index is 6.02. The van der Waals surface area contributed by atoms with Crippen LogP contribution in [0.3, 0.4) is 0 Å². The Kier molecular flexibility index (Phi) is 2.45. The van der Waals surface area contributed by atoms with Crippen molar-refractivity contribution in [3.8, 4) is 9.75 Å². The van der Waals surface area contributed by atoms with Gasteiger partial charge in [-0.1, -0.05) is 11.6 Å². The molecule has 68 valence electrons. The van der Waals surface area contributed by atoms with Crippen LogP contribution in [-0.4, -0.2) is 0 Å². The third kappa shape index (κ3) is 1.66. The van der Waals surface area contributed by atoms with E-state index >= 15 is 0 Å². The van der Waals surface area contributed by atoms with Crippen LogP contribution >= 0.6 is 34.3 Å². The van der Waals surface area contributed by atoms with Gasteiger partial charge in [-0.25, -0.2) is 0 Å². The summed E-state index contributed by atoms with van der Waals surface area (Å²) in [6.07, 6.45) is 0. The molecule has 0 spiro atoms. The Morgan fingerprint density at radius 2 is 2.00 bits per heavy atom. The van der Waals surface area contributed by atoms with Gasteiger partial charge in [0.05, 0.1) is 4.34 Å². The van der Waals surface area contributed by atoms with Gasteiger partial charge in [0.1, 0.15) is 0 Å². The second kappa shape index (κ2) is 3.45. The van der Waals surface area contributed by atoms with Gasteiger partial charge in [0.2, 0.25) is 0 Å². The molecule has 0 N–H and O–H groups in total. The van der Waals surface area contributed by atoms with Crippen LogP contribution in [-0.2, 0) is 0 Å². The molecular formula is C10H9ClS2. The van der Waals surface area contributed by atoms with Gasteiger partial charge in [-0.15, -0.1) is 22.7 Å². The van der Waals surface area contributed by atoms with Crippen molar-refractivity contribution in [3.63, 3.8) is 0 Å². The minimum absolute atomic E-state index is 0.905. The van der Waals surface area contributed by atoms with E-state index in [4.69, 9.17) is 11.6 Å². The van der Waals surface area contributed by atoms with Crippen molar-refractivity contribution in [2.24, 2.45) is 0 Å². The Labute approximate surface area is 90.8 Å². The lowest BCUT2D eigenvalue weighted by Crippen LogP contribution is -1.67. The fourth-order valence-electron chi connectivity index (χ4n) is 1.20. The number of thiophene rings is 2. The Balaban J connectivity index is 2.53. The monoisotopic (exact) mass is 228 g/mol. The average Bonchev–Trinajstić information content (AvgIpc) is 2.60. The topological polar surface area (TPSA) is 0 Å². The van der Waals surface area contributed by atoms with E-state index in [1.807, 2.05) is 6.92 Å². The Morgan fingerprint density at radius 1 is 1.23 bits per heavy atom. The summed E-state index contributed by atoms with van der Waals surface area (Å²) in [5.74, 6) is 0. The third-order valence-corrected chi connectivity index (χ3v) is 4.69. The van der Waals surface area contributed by atoms with E-state index < -0.39 is 0 Å². The van der Waals surface area contributed by atoms with Crippen molar-refractivity contribution < 1.29 is 0 Å². The highest BCUT2D eigenvalue weighted by atomic mass is 35.5. The minimum atomic E-state index is 0.905. The van der Waals surface area contributed by atoms with Gasteiger partial charge in [-0.3, -0.25) is 0 Å². The first-order valence-corrected chi connectivity index (χ1v) is 6.06. The molecule has 2 rings (SSSR count). The summed E-state index contributed by atoms with van der Waals surface area (Å²) in [5.41, 5.74) is 2.51. The number of aryl methyl sites for hydroxylation is 2. The fourth-order valence-corrected chi connectivity index (χ4v) is 3.51. The first kappa shape index (κ1) is 9.25. The number of hydrogen-bond acceptors (Lipinski definition) is 2. The molecule has 0 bridgehead atoms. The fraction of sp³-hybridized carbons (Fsp3) is 0.200. The molecule has 0 saturated heterocycles. The van der Waals surface area contributed by atoms with E-state index in [0.717, 1.165) is 4.34 Å². The van der Waals surface area contributed by atoms with Gasteiger partial charge in [0.15, 0.2) is 0 Å². The summed E-state index contributed by atoms with van der Waals surface area (Å²) in [5, 5.41) is 2.12. The highest BCUT2D eigenvalue weighted by molar-refractivity contribution is 7.23. The van der Waals surface area contributed by atoms with Crippen LogP contribution in [0.4, 0.5) is 0 Å². The van der Waals surface area contributed by atoms with Crippen molar-refractivity contribution in [2.45, 2.75) is 13.8 Å². The molecule has 2 aromatic rings. The molecule has 0 aliphatic heterocycles. The van der Waals surface area contributed by atoms with Crippen LogP contribution in [0.5, 0.6) is 0 Å². The second-order valence-corrected chi connectivity index (χ2v) is 5.57. The van der Waals surface area contributed by atoms with Gasteiger partial charge in [0.25, 0.3) is 0 Å². The quantitative estimate of drug-likeness (QED) is 0.661. The van der Waals surface area contributed by atoms with E-state index in [0.29, 0.717) is 0 Å². The molecule has 0 fully saturated rings. The van der Waals surface area contributed by atoms with Crippen LogP contribution in [0.25, 0.3) is 9.75 Å². The van der Waals surface area contributed by atoms with E-state index in [2.05, 4.69) is 24.4 Å². The Hall–Kier alpha value is -0.310. The lowest BCUT2D eigenvalue weighted by atomic mass is 10.2. The summed E-state index contributed by atoms with van der Waals surface area (Å²) in [6, 6.07) is 4.30. The Bertz CT molecular complexity index is 406. The predicted molar refractivity (Wildman–Crippen MR) is 62.1 cm³/mol. The zero-order chi connectivity index (χ0) is 9.42. The molecular weight excluding hydrogens is 220 g/mol. The molecule has 0 atom stereocenters. The van der Waals surface area contributed by atoms with Gasteiger partial charge in [0, 0.05) is 9.75 Å². The van der Waals surface area contributed by atoms with Gasteiger partial charge in [-0.05, 0) is 42.5 Å². The average molecular weight is 229 g/mol. The van der Waals surface area contributed by atoms with Crippen molar-refractivity contribution in [3.05, 3.63) is 33.0 Å². The molecule has 0 saturated carbocycles. The lowest BCUT2D eigenvalue weighted by molar-refractivity contribution is 1.53. The standard InChI is InChI=1S/C10H9ClS2/c1-6-3-4-12-9(6)8-5-7(2)10(11)13-8/h3-5H,1-2H3. The van der Waals surface area contributed by atoms with E-state index in [-0.39, 0.29) is 0 Å². The molecule has 3 heteroatoms. The number of hydrogen-bond donors (Lipinski definition) is 0. The van der Waals surface area contributed by atoms with Gasteiger partial charge >= 0.3 is 0 Å². The van der Waals surface area contributed by atoms with Crippen molar-refractivity contribution in [2.75, 3.05) is 0 Å². The summed E-state index contributed by atoms with van der Waals surface area (Å²) < 4.78 is 0.905. The molecule has 2 aromatic heterocycles. The molecule has 0 aliphatic carbocycles. The van der Waals surface area contributed by atoms with E-state index in [9.17, 15) is 0 Å². The van der Waals surface area contributed by atoms with Crippen LogP contribution in [0.15, 0.2) is 17.5 Å². The SMILES string of the molecule is Cc1cc(-c2sccc2C)sc1Cl. The van der Waals surface area contributed by atoms with Gasteiger partial charge < -0.3 is 0 Å². The highest BCUT2D eigenvalue weighted by Gasteiger charge is 2.08. The summed E-state index contributed by atoms with van der Waals surface area (Å²) >= 11 is 9.46. The predicted octanol–water partition coefficient (Wildman–Crippen LogP) is 4.75. The molecule has 0 aliphatic rings. The van der Waals surface area contributed by atoms with Crippen LogP contribution in [0, 0.1) is 13.8 Å². The third-order valence-electron chi connectivity index (χ3n) is 1.94. The lowest BCUT2D eigenvalue weighted by Gasteiger charge is -1.92. The van der Waals surface area contributed by atoms with Crippen molar-refractivity contribution in [1.82, 2.24) is 0 Å². The number of halogens is 1. The summed E-state index contributed by atoms with van der Waals surface area (Å²) in [7, 11) is 0. The van der Waals surface area contributed by atoms with Crippen LogP contribution < -0.4 is 0 Å². The largest absolute Gasteiger partial charge is 0.143 e. The second-order valence-electron chi connectivity index (χ2n) is 3.00. The molecule has 0 aromatic carbocycles. The molecule has 0 amide bonds. The minimum Gasteiger partial charge on any atom is -0.143 e.